The Hall–Kier alpha value is -4.27. The van der Waals surface area contributed by atoms with Crippen LogP contribution in [-0.4, -0.2) is 74.6 Å². The molecule has 0 radical (unpaired) electrons. The Kier molecular flexibility index (Phi) is 8.06. The number of rotatable bonds is 6. The minimum Gasteiger partial charge on any atom is -0.497 e. The van der Waals surface area contributed by atoms with Crippen molar-refractivity contribution in [2.45, 2.75) is 12.0 Å². The second-order valence-corrected chi connectivity index (χ2v) is 10.4. The minimum absolute atomic E-state index is 0.0278. The van der Waals surface area contributed by atoms with E-state index in [4.69, 9.17) is 16.3 Å². The van der Waals surface area contributed by atoms with E-state index in [2.05, 4.69) is 21.3 Å². The van der Waals surface area contributed by atoms with E-state index in [-0.39, 0.29) is 34.8 Å². The molecule has 2 saturated heterocycles. The third kappa shape index (κ3) is 5.53. The summed E-state index contributed by atoms with van der Waals surface area (Å²) in [6, 6.07) is 10.6. The highest BCUT2D eigenvalue weighted by molar-refractivity contribution is 6.30. The number of nitriles is 1. The van der Waals surface area contributed by atoms with Crippen LogP contribution in [0.1, 0.15) is 27.4 Å². The number of nitrogens with one attached hydrogen (secondary N) is 1. The van der Waals surface area contributed by atoms with Gasteiger partial charge in [-0.2, -0.15) is 5.26 Å². The number of hydrogen-bond acceptors (Lipinski definition) is 7. The quantitative estimate of drug-likeness (QED) is 0.476. The summed E-state index contributed by atoms with van der Waals surface area (Å²) < 4.78 is 35.6. The smallest absolute Gasteiger partial charge is 0.251 e. The van der Waals surface area contributed by atoms with Crippen LogP contribution in [0.25, 0.3) is 0 Å². The Labute approximate surface area is 240 Å². The molecule has 3 heterocycles. The van der Waals surface area contributed by atoms with Gasteiger partial charge >= 0.3 is 0 Å². The summed E-state index contributed by atoms with van der Waals surface area (Å²) in [5, 5.41) is 13.2. The van der Waals surface area contributed by atoms with Crippen molar-refractivity contribution < 1.29 is 23.1 Å². The lowest BCUT2D eigenvalue weighted by atomic mass is 9.92. The van der Waals surface area contributed by atoms with Gasteiger partial charge in [-0.15, -0.1) is 0 Å². The van der Waals surface area contributed by atoms with E-state index in [0.717, 1.165) is 25.2 Å². The van der Waals surface area contributed by atoms with Gasteiger partial charge in [-0.25, -0.2) is 13.8 Å². The summed E-state index contributed by atoms with van der Waals surface area (Å²) in [6.45, 7) is 2.71. The largest absolute Gasteiger partial charge is 0.497 e. The van der Waals surface area contributed by atoms with Gasteiger partial charge in [0, 0.05) is 73.1 Å². The third-order valence-corrected chi connectivity index (χ3v) is 7.74. The average Bonchev–Trinajstić information content (AvgIpc) is 3.27. The van der Waals surface area contributed by atoms with Crippen molar-refractivity contribution in [3.05, 3.63) is 82.0 Å². The zero-order chi connectivity index (χ0) is 29.3. The molecule has 2 atom stereocenters. The maximum atomic E-state index is 15.3. The van der Waals surface area contributed by atoms with Crippen LogP contribution in [0.15, 0.2) is 48.7 Å². The van der Waals surface area contributed by atoms with Gasteiger partial charge in [0.15, 0.2) is 5.82 Å². The molecule has 9 nitrogen and oxygen atoms in total. The number of ether oxygens (including phenoxy) is 1. The topological polar surface area (TPSA) is 102 Å². The van der Waals surface area contributed by atoms with Crippen molar-refractivity contribution in [1.82, 2.24) is 15.2 Å². The normalized spacial score (nSPS) is 19.3. The number of anilines is 2. The highest BCUT2D eigenvalue weighted by Gasteiger charge is 2.46. The van der Waals surface area contributed by atoms with Gasteiger partial charge in [0.2, 0.25) is 0 Å². The Morgan fingerprint density at radius 2 is 1.78 bits per heavy atom. The van der Waals surface area contributed by atoms with Crippen molar-refractivity contribution in [3.63, 3.8) is 0 Å². The molecule has 12 heteroatoms. The van der Waals surface area contributed by atoms with Crippen LogP contribution in [0.3, 0.4) is 0 Å². The first-order valence-corrected chi connectivity index (χ1v) is 13.3. The molecule has 1 aromatic heterocycles. The number of pyridine rings is 1. The molecular weight excluding hydrogens is 554 g/mol. The maximum Gasteiger partial charge on any atom is 0.251 e. The molecule has 0 aliphatic carbocycles. The van der Waals surface area contributed by atoms with Crippen molar-refractivity contribution >= 4 is 34.9 Å². The van der Waals surface area contributed by atoms with Crippen LogP contribution in [0.5, 0.6) is 5.75 Å². The van der Waals surface area contributed by atoms with Gasteiger partial charge in [-0.05, 0) is 37.4 Å². The summed E-state index contributed by atoms with van der Waals surface area (Å²) in [5.74, 6) is -4.21. The molecule has 2 aliphatic rings. The van der Waals surface area contributed by atoms with E-state index < -0.39 is 35.4 Å². The van der Waals surface area contributed by atoms with Crippen molar-refractivity contribution in [2.75, 3.05) is 56.7 Å². The number of amides is 2. The lowest BCUT2D eigenvalue weighted by Crippen LogP contribution is -2.45. The van der Waals surface area contributed by atoms with Crippen LogP contribution < -0.4 is 19.9 Å². The van der Waals surface area contributed by atoms with Crippen molar-refractivity contribution in [1.29, 1.82) is 5.26 Å². The fourth-order valence-electron chi connectivity index (χ4n) is 5.27. The number of piperazine rings is 1. The molecule has 1 N–H and O–H groups in total. The number of halogens is 3. The number of hydrogen-bond donors (Lipinski definition) is 1. The number of aromatic nitrogens is 1. The van der Waals surface area contributed by atoms with Crippen LogP contribution >= 0.6 is 11.6 Å². The number of methoxy groups -OCH3 is 1. The van der Waals surface area contributed by atoms with Gasteiger partial charge in [0.1, 0.15) is 35.1 Å². The maximum absolute atomic E-state index is 15.3. The highest BCUT2D eigenvalue weighted by atomic mass is 35.5. The molecule has 5 rings (SSSR count). The van der Waals surface area contributed by atoms with Crippen LogP contribution in [0.2, 0.25) is 5.02 Å². The van der Waals surface area contributed by atoms with Gasteiger partial charge in [-0.3, -0.25) is 14.5 Å². The Morgan fingerprint density at radius 3 is 2.39 bits per heavy atom. The van der Waals surface area contributed by atoms with E-state index in [1.54, 1.807) is 6.07 Å². The zero-order valence-corrected chi connectivity index (χ0v) is 23.2. The summed E-state index contributed by atoms with van der Waals surface area (Å²) in [7, 11) is 3.30. The molecule has 3 aromatic rings. The van der Waals surface area contributed by atoms with E-state index in [1.165, 1.54) is 42.5 Å². The molecule has 0 saturated carbocycles. The number of carbonyl (C=O) groups excluding carboxylic acids is 2. The fraction of sp³-hybridized carbons (Fsp3) is 0.310. The van der Waals surface area contributed by atoms with Crippen LogP contribution in [0.4, 0.5) is 20.3 Å². The summed E-state index contributed by atoms with van der Waals surface area (Å²) in [6.07, 6.45) is 1.50. The lowest BCUT2D eigenvalue weighted by Gasteiger charge is -2.35. The summed E-state index contributed by atoms with van der Waals surface area (Å²) >= 11 is 5.94. The molecular formula is C29H27ClF2N6O3. The molecule has 1 unspecified atom stereocenters. The number of nitrogens with zero attached hydrogens (tertiary/aromatic N) is 5. The fourth-order valence-corrected chi connectivity index (χ4v) is 5.39. The summed E-state index contributed by atoms with van der Waals surface area (Å²) in [4.78, 5) is 36.8. The molecule has 2 fully saturated rings. The van der Waals surface area contributed by atoms with Gasteiger partial charge in [0.05, 0.1) is 12.8 Å². The standard InChI is InChI=1S/C29H27ClF2N6O3/c1-36-9-11-37(12-10-36)24-7-8-34-27(20(24)15-33)38-16-21(25-22(31)13-19(41-2)14-23(25)32)26(29(38)40)35-28(39)17-3-5-18(30)6-4-17/h3-8,13-14,21,26H,9-12,16H2,1-2H3,(H,35,39)/t21-,26?/m0/s1. The van der Waals surface area contributed by atoms with Crippen LogP contribution in [0, 0.1) is 23.0 Å². The predicted octanol–water partition coefficient (Wildman–Crippen LogP) is 3.57. The second-order valence-electron chi connectivity index (χ2n) is 9.95. The number of benzene rings is 2. The van der Waals surface area contributed by atoms with Crippen LogP contribution in [-0.2, 0) is 4.79 Å². The monoisotopic (exact) mass is 580 g/mol. The number of likely N-dealkylation sites (N-methyl/N-ethyl adjacent to an activating group) is 1. The third-order valence-electron chi connectivity index (χ3n) is 7.49. The molecule has 2 aromatic carbocycles. The molecule has 0 spiro atoms. The SMILES string of the molecule is COc1cc(F)c([C@@H]2CN(c3nccc(N4CCN(C)CC4)c3C#N)C(=O)C2NC(=O)c2ccc(Cl)cc2)c(F)c1. The molecule has 212 valence electrons. The average molecular weight is 581 g/mol. The van der Waals surface area contributed by atoms with Gasteiger partial charge in [-0.1, -0.05) is 11.6 Å². The molecule has 0 bridgehead atoms. The van der Waals surface area contributed by atoms with E-state index in [1.807, 2.05) is 11.9 Å². The minimum atomic E-state index is -1.35. The molecule has 41 heavy (non-hydrogen) atoms. The first-order valence-electron chi connectivity index (χ1n) is 12.9. The van der Waals surface area contributed by atoms with Gasteiger partial charge in [0.25, 0.3) is 11.8 Å². The van der Waals surface area contributed by atoms with E-state index >= 15 is 8.78 Å². The van der Waals surface area contributed by atoms with Gasteiger partial charge < -0.3 is 19.9 Å². The first-order chi connectivity index (χ1) is 19.7. The highest BCUT2D eigenvalue weighted by Crippen LogP contribution is 2.38. The number of carbonyl (C=O) groups is 2. The summed E-state index contributed by atoms with van der Waals surface area (Å²) in [5.41, 5.74) is 0.620. The van der Waals surface area contributed by atoms with E-state index in [0.29, 0.717) is 23.8 Å². The Morgan fingerprint density at radius 1 is 1.12 bits per heavy atom. The zero-order valence-electron chi connectivity index (χ0n) is 22.4. The molecule has 2 amide bonds. The molecule has 2 aliphatic heterocycles. The van der Waals surface area contributed by atoms with Crippen molar-refractivity contribution in [2.24, 2.45) is 0 Å². The predicted molar refractivity (Wildman–Crippen MR) is 149 cm³/mol. The second kappa shape index (κ2) is 11.7. The Bertz CT molecular complexity index is 1500. The lowest BCUT2D eigenvalue weighted by molar-refractivity contribution is -0.118. The Balaban J connectivity index is 1.55. The first kappa shape index (κ1) is 28.3. The van der Waals surface area contributed by atoms with Crippen molar-refractivity contribution in [3.8, 4) is 11.8 Å². The van der Waals surface area contributed by atoms with E-state index in [9.17, 15) is 14.9 Å².